The average molecular weight is 326 g/mol. The fraction of sp³-hybridized carbons (Fsp3) is 0.111. The van der Waals surface area contributed by atoms with Crippen molar-refractivity contribution in [3.05, 3.63) is 64.7 Å². The maximum Gasteiger partial charge on any atom is 0.147 e. The molecule has 0 amide bonds. The zero-order chi connectivity index (χ0) is 16.4. The molecule has 2 aromatic carbocycles. The lowest BCUT2D eigenvalue weighted by Gasteiger charge is -2.08. The summed E-state index contributed by atoms with van der Waals surface area (Å²) < 4.78 is 0. The minimum atomic E-state index is 0.202. The van der Waals surface area contributed by atoms with Crippen LogP contribution < -0.4 is 5.43 Å². The molecule has 1 heterocycles. The molecule has 0 saturated heterocycles. The molecule has 0 aliphatic rings. The lowest BCUT2D eigenvalue weighted by molar-refractivity contribution is 0.474. The predicted octanol–water partition coefficient (Wildman–Crippen LogP) is 4.74. The molecule has 0 atom stereocenters. The Labute approximate surface area is 139 Å². The normalized spacial score (nSPS) is 11.7. The molecule has 1 aromatic heterocycles. The number of hydrazone groups is 1. The van der Waals surface area contributed by atoms with Gasteiger partial charge in [-0.25, -0.2) is 4.98 Å². The lowest BCUT2D eigenvalue weighted by Crippen LogP contribution is -2.01. The predicted molar refractivity (Wildman–Crippen MR) is 95.4 cm³/mol. The van der Waals surface area contributed by atoms with Gasteiger partial charge in [-0.05, 0) is 55.8 Å². The number of pyridine rings is 1. The van der Waals surface area contributed by atoms with Crippen LogP contribution >= 0.6 is 11.6 Å². The molecule has 0 spiro atoms. The molecule has 5 heteroatoms. The van der Waals surface area contributed by atoms with Gasteiger partial charge in [-0.1, -0.05) is 23.7 Å². The number of para-hydroxylation sites is 1. The van der Waals surface area contributed by atoms with Gasteiger partial charge in [0.05, 0.1) is 11.2 Å². The standard InChI is InChI=1S/C18H16ClN3O/c1-11-9-18(20-16-8-7-13(19)10-15(11)16)22-21-12(2)14-5-3-4-6-17(14)23/h3-10,23H,1-2H3,(H,20,22)/b21-12+. The van der Waals surface area contributed by atoms with Gasteiger partial charge in [0.1, 0.15) is 11.6 Å². The lowest BCUT2D eigenvalue weighted by atomic mass is 10.1. The second-order valence-electron chi connectivity index (χ2n) is 5.31. The van der Waals surface area contributed by atoms with E-state index in [0.717, 1.165) is 16.5 Å². The molecule has 0 radical (unpaired) electrons. The average Bonchev–Trinajstić information content (AvgIpc) is 2.54. The Balaban J connectivity index is 1.91. The van der Waals surface area contributed by atoms with E-state index < -0.39 is 0 Å². The van der Waals surface area contributed by atoms with Crippen molar-refractivity contribution in [2.45, 2.75) is 13.8 Å². The number of hydrogen-bond acceptors (Lipinski definition) is 4. The number of nitrogens with zero attached hydrogens (tertiary/aromatic N) is 2. The summed E-state index contributed by atoms with van der Waals surface area (Å²) in [4.78, 5) is 4.53. The van der Waals surface area contributed by atoms with Crippen LogP contribution in [0, 0.1) is 6.92 Å². The van der Waals surface area contributed by atoms with Gasteiger partial charge in [-0.2, -0.15) is 5.10 Å². The highest BCUT2D eigenvalue weighted by molar-refractivity contribution is 6.31. The van der Waals surface area contributed by atoms with Gasteiger partial charge in [-0.3, -0.25) is 5.43 Å². The van der Waals surface area contributed by atoms with E-state index in [9.17, 15) is 5.11 Å². The molecule has 116 valence electrons. The van der Waals surface area contributed by atoms with Crippen LogP contribution in [-0.4, -0.2) is 15.8 Å². The summed E-state index contributed by atoms with van der Waals surface area (Å²) in [5.41, 5.74) is 6.23. The van der Waals surface area contributed by atoms with Crippen LogP contribution in [0.15, 0.2) is 53.6 Å². The first kappa shape index (κ1) is 15.3. The molecule has 0 aliphatic heterocycles. The van der Waals surface area contributed by atoms with Crippen LogP contribution in [-0.2, 0) is 0 Å². The van der Waals surface area contributed by atoms with Crippen LogP contribution in [0.3, 0.4) is 0 Å². The Morgan fingerprint density at radius 3 is 2.74 bits per heavy atom. The molecule has 0 fully saturated rings. The smallest absolute Gasteiger partial charge is 0.147 e. The monoisotopic (exact) mass is 325 g/mol. The maximum atomic E-state index is 9.85. The van der Waals surface area contributed by atoms with Gasteiger partial charge in [0, 0.05) is 16.0 Å². The highest BCUT2D eigenvalue weighted by Gasteiger charge is 2.05. The van der Waals surface area contributed by atoms with Crippen molar-refractivity contribution in [2.24, 2.45) is 5.10 Å². The van der Waals surface area contributed by atoms with Crippen molar-refractivity contribution < 1.29 is 5.11 Å². The number of phenols is 1. The molecule has 4 nitrogen and oxygen atoms in total. The number of nitrogens with one attached hydrogen (secondary N) is 1. The number of hydrogen-bond donors (Lipinski definition) is 2. The zero-order valence-corrected chi connectivity index (χ0v) is 13.6. The molecular weight excluding hydrogens is 310 g/mol. The molecule has 0 aliphatic carbocycles. The summed E-state index contributed by atoms with van der Waals surface area (Å²) in [7, 11) is 0. The first-order valence-electron chi connectivity index (χ1n) is 7.20. The molecule has 3 rings (SSSR count). The fourth-order valence-electron chi connectivity index (χ4n) is 2.40. The summed E-state index contributed by atoms with van der Waals surface area (Å²) in [6.07, 6.45) is 0. The van der Waals surface area contributed by atoms with E-state index in [0.29, 0.717) is 22.1 Å². The summed E-state index contributed by atoms with van der Waals surface area (Å²) >= 11 is 6.03. The van der Waals surface area contributed by atoms with E-state index in [4.69, 9.17) is 11.6 Å². The van der Waals surface area contributed by atoms with E-state index in [-0.39, 0.29) is 5.75 Å². The van der Waals surface area contributed by atoms with E-state index in [1.807, 2.05) is 50.2 Å². The first-order chi connectivity index (χ1) is 11.0. The molecule has 0 unspecified atom stereocenters. The summed E-state index contributed by atoms with van der Waals surface area (Å²) in [6, 6.07) is 14.6. The van der Waals surface area contributed by atoms with Crippen LogP contribution in [0.1, 0.15) is 18.1 Å². The molecule has 0 bridgehead atoms. The number of aromatic hydroxyl groups is 1. The Kier molecular flexibility index (Phi) is 4.17. The van der Waals surface area contributed by atoms with Crippen molar-refractivity contribution in [2.75, 3.05) is 5.43 Å². The number of phenolic OH excluding ortho intramolecular Hbond substituents is 1. The van der Waals surface area contributed by atoms with Crippen molar-refractivity contribution in [3.63, 3.8) is 0 Å². The number of benzene rings is 2. The second-order valence-corrected chi connectivity index (χ2v) is 5.75. The molecule has 2 N–H and O–H groups in total. The van der Waals surface area contributed by atoms with Gasteiger partial charge >= 0.3 is 0 Å². The highest BCUT2D eigenvalue weighted by Crippen LogP contribution is 2.24. The van der Waals surface area contributed by atoms with Crippen molar-refractivity contribution >= 4 is 34.0 Å². The number of aryl methyl sites for hydroxylation is 1. The quantitative estimate of drug-likeness (QED) is 0.540. The molecule has 3 aromatic rings. The number of rotatable bonds is 3. The minimum absolute atomic E-state index is 0.202. The third-order valence-electron chi connectivity index (χ3n) is 3.61. The summed E-state index contributed by atoms with van der Waals surface area (Å²) in [5, 5.41) is 15.9. The Bertz CT molecular complexity index is 906. The second kappa shape index (κ2) is 6.26. The number of halogens is 1. The highest BCUT2D eigenvalue weighted by atomic mass is 35.5. The maximum absolute atomic E-state index is 9.85. The molecular formula is C18H16ClN3O. The van der Waals surface area contributed by atoms with Crippen molar-refractivity contribution in [1.29, 1.82) is 0 Å². The Morgan fingerprint density at radius 1 is 1.17 bits per heavy atom. The third-order valence-corrected chi connectivity index (χ3v) is 3.84. The largest absolute Gasteiger partial charge is 0.507 e. The number of aromatic nitrogens is 1. The third kappa shape index (κ3) is 3.27. The molecule has 0 saturated carbocycles. The topological polar surface area (TPSA) is 57.5 Å². The summed E-state index contributed by atoms with van der Waals surface area (Å²) in [5.74, 6) is 0.847. The van der Waals surface area contributed by atoms with Gasteiger partial charge in [0.15, 0.2) is 0 Å². The van der Waals surface area contributed by atoms with Crippen LogP contribution in [0.2, 0.25) is 5.02 Å². The van der Waals surface area contributed by atoms with Crippen molar-refractivity contribution in [3.8, 4) is 5.75 Å². The number of anilines is 1. The number of fused-ring (bicyclic) bond motifs is 1. The summed E-state index contributed by atoms with van der Waals surface area (Å²) in [6.45, 7) is 3.83. The van der Waals surface area contributed by atoms with Crippen LogP contribution in [0.5, 0.6) is 5.75 Å². The SMILES string of the molecule is C/C(=N\Nc1cc(C)c2cc(Cl)ccc2n1)c1ccccc1O. The van der Waals surface area contributed by atoms with Gasteiger partial charge < -0.3 is 5.11 Å². The van der Waals surface area contributed by atoms with E-state index in [1.165, 1.54) is 0 Å². The Hall–Kier alpha value is -2.59. The van der Waals surface area contributed by atoms with Gasteiger partial charge in [-0.15, -0.1) is 0 Å². The van der Waals surface area contributed by atoms with E-state index in [2.05, 4.69) is 15.5 Å². The van der Waals surface area contributed by atoms with Gasteiger partial charge in [0.2, 0.25) is 0 Å². The van der Waals surface area contributed by atoms with Gasteiger partial charge in [0.25, 0.3) is 0 Å². The minimum Gasteiger partial charge on any atom is -0.507 e. The fourth-order valence-corrected chi connectivity index (χ4v) is 2.58. The molecule has 23 heavy (non-hydrogen) atoms. The van der Waals surface area contributed by atoms with Crippen molar-refractivity contribution in [1.82, 2.24) is 4.98 Å². The zero-order valence-electron chi connectivity index (χ0n) is 12.8. The van der Waals surface area contributed by atoms with E-state index >= 15 is 0 Å². The van der Waals surface area contributed by atoms with Crippen LogP contribution in [0.25, 0.3) is 10.9 Å². The first-order valence-corrected chi connectivity index (χ1v) is 7.58. The Morgan fingerprint density at radius 2 is 1.96 bits per heavy atom. The van der Waals surface area contributed by atoms with E-state index in [1.54, 1.807) is 12.1 Å². The van der Waals surface area contributed by atoms with Crippen LogP contribution in [0.4, 0.5) is 5.82 Å².